The van der Waals surface area contributed by atoms with Crippen molar-refractivity contribution in [2.45, 2.75) is 44.6 Å². The molecule has 5 heteroatoms. The van der Waals surface area contributed by atoms with E-state index in [4.69, 9.17) is 4.74 Å². The largest absolute Gasteiger partial charge is 0.378 e. The van der Waals surface area contributed by atoms with Crippen molar-refractivity contribution in [3.05, 3.63) is 18.3 Å². The number of pyridine rings is 1. The third-order valence-corrected chi connectivity index (χ3v) is 4.15. The van der Waals surface area contributed by atoms with Crippen LogP contribution >= 0.6 is 0 Å². The van der Waals surface area contributed by atoms with Crippen LogP contribution in [0.2, 0.25) is 0 Å². The Labute approximate surface area is 125 Å². The smallest absolute Gasteiger partial charge is 0.227 e. The molecule has 21 heavy (non-hydrogen) atoms. The Morgan fingerprint density at radius 1 is 1.29 bits per heavy atom. The maximum absolute atomic E-state index is 11.9. The number of carbonyl (C=O) groups is 1. The first kappa shape index (κ1) is 14.3. The Hall–Kier alpha value is -1.62. The lowest BCUT2D eigenvalue weighted by atomic mass is 10.1. The van der Waals surface area contributed by atoms with Crippen LogP contribution in [0.4, 0.5) is 11.5 Å². The predicted octanol–water partition coefficient (Wildman–Crippen LogP) is 2.58. The molecule has 0 unspecified atom stereocenters. The fraction of sp³-hybridized carbons (Fsp3) is 0.625. The first-order valence-corrected chi connectivity index (χ1v) is 7.94. The SMILES string of the molecule is O=C(C[C@@H]1CCCO1)Nc1ccc(N2CCCCC2)nc1. The minimum Gasteiger partial charge on any atom is -0.378 e. The van der Waals surface area contributed by atoms with Crippen molar-refractivity contribution in [2.75, 3.05) is 29.9 Å². The maximum atomic E-state index is 11.9. The van der Waals surface area contributed by atoms with Crippen LogP contribution in [0.5, 0.6) is 0 Å². The number of ether oxygens (including phenoxy) is 1. The average Bonchev–Trinajstić information content (AvgIpc) is 3.02. The van der Waals surface area contributed by atoms with Crippen LogP contribution in [0.15, 0.2) is 18.3 Å². The van der Waals surface area contributed by atoms with Gasteiger partial charge >= 0.3 is 0 Å². The van der Waals surface area contributed by atoms with E-state index < -0.39 is 0 Å². The van der Waals surface area contributed by atoms with Crippen LogP contribution in [-0.4, -0.2) is 36.7 Å². The van der Waals surface area contributed by atoms with Gasteiger partial charge in [-0.25, -0.2) is 4.98 Å². The molecule has 1 aromatic rings. The molecule has 0 spiro atoms. The van der Waals surface area contributed by atoms with Gasteiger partial charge in [-0.05, 0) is 44.2 Å². The van der Waals surface area contributed by atoms with Crippen molar-refractivity contribution in [1.29, 1.82) is 0 Å². The summed E-state index contributed by atoms with van der Waals surface area (Å²) in [6.45, 7) is 2.94. The molecule has 1 amide bonds. The van der Waals surface area contributed by atoms with E-state index >= 15 is 0 Å². The van der Waals surface area contributed by atoms with Crippen molar-refractivity contribution >= 4 is 17.4 Å². The van der Waals surface area contributed by atoms with Gasteiger partial charge in [0.1, 0.15) is 5.82 Å². The normalized spacial score (nSPS) is 22.3. The van der Waals surface area contributed by atoms with Gasteiger partial charge in [0.2, 0.25) is 5.91 Å². The average molecular weight is 289 g/mol. The van der Waals surface area contributed by atoms with Gasteiger partial charge in [-0.15, -0.1) is 0 Å². The van der Waals surface area contributed by atoms with Gasteiger partial charge < -0.3 is 15.0 Å². The molecule has 114 valence electrons. The number of hydrogen-bond donors (Lipinski definition) is 1. The summed E-state index contributed by atoms with van der Waals surface area (Å²) >= 11 is 0. The minimum atomic E-state index is 0.00872. The van der Waals surface area contributed by atoms with Gasteiger partial charge in [0.15, 0.2) is 0 Å². The van der Waals surface area contributed by atoms with Gasteiger partial charge in [-0.2, -0.15) is 0 Å². The van der Waals surface area contributed by atoms with E-state index in [1.165, 1.54) is 19.3 Å². The number of anilines is 2. The molecule has 1 aromatic heterocycles. The Morgan fingerprint density at radius 3 is 2.81 bits per heavy atom. The van der Waals surface area contributed by atoms with E-state index in [1.807, 2.05) is 12.1 Å². The molecule has 3 rings (SSSR count). The van der Waals surface area contributed by atoms with Crippen LogP contribution in [0.1, 0.15) is 38.5 Å². The zero-order valence-corrected chi connectivity index (χ0v) is 12.4. The van der Waals surface area contributed by atoms with Crippen LogP contribution in [0.25, 0.3) is 0 Å². The lowest BCUT2D eigenvalue weighted by Crippen LogP contribution is -2.30. The summed E-state index contributed by atoms with van der Waals surface area (Å²) in [6, 6.07) is 3.93. The second kappa shape index (κ2) is 6.89. The van der Waals surface area contributed by atoms with Crippen LogP contribution in [0.3, 0.4) is 0 Å². The van der Waals surface area contributed by atoms with Crippen molar-refractivity contribution in [3.63, 3.8) is 0 Å². The van der Waals surface area contributed by atoms with E-state index in [0.717, 1.165) is 44.0 Å². The molecule has 2 aliphatic rings. The molecule has 3 heterocycles. The molecule has 2 fully saturated rings. The van der Waals surface area contributed by atoms with Gasteiger partial charge in [-0.3, -0.25) is 4.79 Å². The molecule has 1 N–H and O–H groups in total. The number of aromatic nitrogens is 1. The van der Waals surface area contributed by atoms with Gasteiger partial charge in [0, 0.05) is 19.7 Å². The fourth-order valence-electron chi connectivity index (χ4n) is 2.99. The molecule has 1 atom stereocenters. The number of carbonyl (C=O) groups excluding carboxylic acids is 1. The molecule has 0 saturated carbocycles. The van der Waals surface area contributed by atoms with Crippen LogP contribution in [-0.2, 0) is 9.53 Å². The quantitative estimate of drug-likeness (QED) is 0.925. The summed E-state index contributed by atoms with van der Waals surface area (Å²) in [6.07, 6.45) is 8.11. The number of rotatable bonds is 4. The molecule has 5 nitrogen and oxygen atoms in total. The molecule has 0 radical (unpaired) electrons. The minimum absolute atomic E-state index is 0.00872. The van der Waals surface area contributed by atoms with Gasteiger partial charge in [-0.1, -0.05) is 0 Å². The monoisotopic (exact) mass is 289 g/mol. The van der Waals surface area contributed by atoms with Gasteiger partial charge in [0.05, 0.1) is 24.4 Å². The number of nitrogens with one attached hydrogen (secondary N) is 1. The lowest BCUT2D eigenvalue weighted by Gasteiger charge is -2.27. The fourth-order valence-corrected chi connectivity index (χ4v) is 2.99. The Morgan fingerprint density at radius 2 is 2.14 bits per heavy atom. The van der Waals surface area contributed by atoms with Crippen molar-refractivity contribution in [1.82, 2.24) is 4.98 Å². The summed E-state index contributed by atoms with van der Waals surface area (Å²) in [7, 11) is 0. The molecule has 2 saturated heterocycles. The van der Waals surface area contributed by atoms with E-state index in [0.29, 0.717) is 6.42 Å². The van der Waals surface area contributed by atoms with E-state index in [2.05, 4.69) is 15.2 Å². The highest BCUT2D eigenvalue weighted by Crippen LogP contribution is 2.20. The third kappa shape index (κ3) is 3.94. The van der Waals surface area contributed by atoms with E-state index in [-0.39, 0.29) is 12.0 Å². The number of amides is 1. The molecule has 0 aromatic carbocycles. The molecule has 0 bridgehead atoms. The highest BCUT2D eigenvalue weighted by molar-refractivity contribution is 5.90. The number of hydrogen-bond acceptors (Lipinski definition) is 4. The third-order valence-electron chi connectivity index (χ3n) is 4.15. The predicted molar refractivity (Wildman–Crippen MR) is 82.5 cm³/mol. The van der Waals surface area contributed by atoms with Crippen molar-refractivity contribution in [2.24, 2.45) is 0 Å². The van der Waals surface area contributed by atoms with Crippen molar-refractivity contribution in [3.8, 4) is 0 Å². The van der Waals surface area contributed by atoms with Crippen LogP contribution in [0, 0.1) is 0 Å². The summed E-state index contributed by atoms with van der Waals surface area (Å²) < 4.78 is 5.48. The molecular formula is C16H23N3O2. The zero-order valence-electron chi connectivity index (χ0n) is 12.4. The van der Waals surface area contributed by atoms with E-state index in [1.54, 1.807) is 6.20 Å². The number of piperidine rings is 1. The number of nitrogens with zero attached hydrogens (tertiary/aromatic N) is 2. The van der Waals surface area contributed by atoms with Crippen LogP contribution < -0.4 is 10.2 Å². The highest BCUT2D eigenvalue weighted by Gasteiger charge is 2.19. The maximum Gasteiger partial charge on any atom is 0.227 e. The Balaban J connectivity index is 1.52. The molecular weight excluding hydrogens is 266 g/mol. The van der Waals surface area contributed by atoms with Gasteiger partial charge in [0.25, 0.3) is 0 Å². The topological polar surface area (TPSA) is 54.5 Å². The Kier molecular flexibility index (Phi) is 4.70. The van der Waals surface area contributed by atoms with Crippen molar-refractivity contribution < 1.29 is 9.53 Å². The standard InChI is InChI=1S/C16H23N3O2/c20-16(11-14-5-4-10-21-14)18-13-6-7-15(17-12-13)19-8-2-1-3-9-19/h6-7,12,14H,1-5,8-11H2,(H,18,20)/t14-/m0/s1. The first-order chi connectivity index (χ1) is 10.3. The molecule has 0 aliphatic carbocycles. The zero-order chi connectivity index (χ0) is 14.5. The Bertz CT molecular complexity index is 463. The van der Waals surface area contributed by atoms with E-state index in [9.17, 15) is 4.79 Å². The molecule has 2 aliphatic heterocycles. The summed E-state index contributed by atoms with van der Waals surface area (Å²) in [4.78, 5) is 18.7. The first-order valence-electron chi connectivity index (χ1n) is 7.94. The lowest BCUT2D eigenvalue weighted by molar-refractivity contribution is -0.118. The second-order valence-electron chi connectivity index (χ2n) is 5.84. The summed E-state index contributed by atoms with van der Waals surface area (Å²) in [5, 5.41) is 2.90. The summed E-state index contributed by atoms with van der Waals surface area (Å²) in [5.74, 6) is 1.02. The summed E-state index contributed by atoms with van der Waals surface area (Å²) in [5.41, 5.74) is 0.763. The second-order valence-corrected chi connectivity index (χ2v) is 5.84. The highest BCUT2D eigenvalue weighted by atomic mass is 16.5.